The van der Waals surface area contributed by atoms with Crippen molar-refractivity contribution in [1.82, 2.24) is 30.2 Å². The monoisotopic (exact) mass is 322 g/mol. The lowest BCUT2D eigenvalue weighted by Gasteiger charge is -2.16. The first kappa shape index (κ1) is 16.4. The maximum Gasteiger partial charge on any atom is 0.317 e. The van der Waals surface area contributed by atoms with Gasteiger partial charge in [-0.2, -0.15) is 5.10 Å². The van der Waals surface area contributed by atoms with Crippen molar-refractivity contribution in [2.75, 3.05) is 7.05 Å². The second kappa shape index (κ2) is 6.43. The van der Waals surface area contributed by atoms with E-state index in [1.807, 2.05) is 19.3 Å². The van der Waals surface area contributed by atoms with Gasteiger partial charge in [0.15, 0.2) is 0 Å². The molecule has 120 valence electrons. The Hall–Kier alpha value is -1.96. The van der Waals surface area contributed by atoms with E-state index < -0.39 is 0 Å². The Balaban J connectivity index is 1.85. The highest BCUT2D eigenvalue weighted by Gasteiger charge is 2.19. The number of aryl methyl sites for hydroxylation is 1. The largest absolute Gasteiger partial charge is 0.331 e. The van der Waals surface area contributed by atoms with E-state index in [1.165, 1.54) is 11.3 Å². The fourth-order valence-electron chi connectivity index (χ4n) is 1.78. The van der Waals surface area contributed by atoms with Crippen LogP contribution in [0.2, 0.25) is 0 Å². The summed E-state index contributed by atoms with van der Waals surface area (Å²) in [4.78, 5) is 13.7. The predicted molar refractivity (Wildman–Crippen MR) is 85.5 cm³/mol. The van der Waals surface area contributed by atoms with Gasteiger partial charge in [0, 0.05) is 25.7 Å². The van der Waals surface area contributed by atoms with Crippen LogP contribution in [0.1, 0.15) is 36.5 Å². The van der Waals surface area contributed by atoms with Gasteiger partial charge in [-0.15, -0.1) is 10.2 Å². The molecule has 1 N–H and O–H groups in total. The molecule has 0 aromatic carbocycles. The van der Waals surface area contributed by atoms with Crippen molar-refractivity contribution in [2.45, 2.75) is 39.3 Å². The molecule has 0 aliphatic carbocycles. The third-order valence-corrected chi connectivity index (χ3v) is 4.36. The molecule has 0 fully saturated rings. The Morgan fingerprint density at radius 2 is 2.14 bits per heavy atom. The number of hydrogen-bond donors (Lipinski definition) is 1. The first-order valence-electron chi connectivity index (χ1n) is 7.06. The highest BCUT2D eigenvalue weighted by molar-refractivity contribution is 7.11. The van der Waals surface area contributed by atoms with Gasteiger partial charge >= 0.3 is 6.03 Å². The van der Waals surface area contributed by atoms with E-state index in [-0.39, 0.29) is 11.4 Å². The fraction of sp³-hybridized carbons (Fsp3) is 0.571. The molecule has 2 aromatic heterocycles. The molecule has 0 radical (unpaired) electrons. The Labute approximate surface area is 134 Å². The van der Waals surface area contributed by atoms with Gasteiger partial charge in [-0.1, -0.05) is 32.1 Å². The van der Waals surface area contributed by atoms with Crippen LogP contribution >= 0.6 is 11.3 Å². The van der Waals surface area contributed by atoms with Gasteiger partial charge in [0.25, 0.3) is 0 Å². The topological polar surface area (TPSA) is 75.9 Å². The van der Waals surface area contributed by atoms with E-state index in [0.29, 0.717) is 13.1 Å². The van der Waals surface area contributed by atoms with Gasteiger partial charge in [0.2, 0.25) is 0 Å². The number of rotatable bonds is 4. The van der Waals surface area contributed by atoms with Gasteiger partial charge in [-0.3, -0.25) is 4.68 Å². The number of urea groups is 1. The van der Waals surface area contributed by atoms with Crippen molar-refractivity contribution in [2.24, 2.45) is 7.05 Å². The second-order valence-corrected chi connectivity index (χ2v) is 7.31. The standard InChI is InChI=1S/C14H22N6OS/c1-14(2,3)12-17-16-11(22-12)8-15-13(21)19(4)9-10-6-7-20(5)18-10/h6-7H,8-9H2,1-5H3,(H,15,21). The van der Waals surface area contributed by atoms with E-state index in [0.717, 1.165) is 15.7 Å². The summed E-state index contributed by atoms with van der Waals surface area (Å²) in [5.74, 6) is 0. The highest BCUT2D eigenvalue weighted by atomic mass is 32.1. The SMILES string of the molecule is CN(Cc1ccn(C)n1)C(=O)NCc1nnc(C(C)(C)C)s1. The van der Waals surface area contributed by atoms with Crippen molar-refractivity contribution in [1.29, 1.82) is 0 Å². The second-order valence-electron chi connectivity index (χ2n) is 6.25. The Morgan fingerprint density at radius 3 is 2.68 bits per heavy atom. The molecule has 2 heterocycles. The number of hydrogen-bond acceptors (Lipinski definition) is 5. The summed E-state index contributed by atoms with van der Waals surface area (Å²) in [5.41, 5.74) is 0.835. The van der Waals surface area contributed by atoms with Crippen LogP contribution in [-0.4, -0.2) is 38.0 Å². The molecule has 22 heavy (non-hydrogen) atoms. The van der Waals surface area contributed by atoms with Crippen molar-refractivity contribution in [3.8, 4) is 0 Å². The lowest BCUT2D eigenvalue weighted by atomic mass is 9.98. The minimum absolute atomic E-state index is 0.0182. The quantitative estimate of drug-likeness (QED) is 0.933. The van der Waals surface area contributed by atoms with Crippen molar-refractivity contribution in [3.63, 3.8) is 0 Å². The van der Waals surface area contributed by atoms with Crippen LogP contribution in [0.5, 0.6) is 0 Å². The van der Waals surface area contributed by atoms with E-state index in [2.05, 4.69) is 41.4 Å². The zero-order valence-corrected chi connectivity index (χ0v) is 14.4. The summed E-state index contributed by atoms with van der Waals surface area (Å²) in [6.45, 7) is 7.14. The van der Waals surface area contributed by atoms with Gasteiger partial charge in [0.05, 0.1) is 18.8 Å². The molecule has 7 nitrogen and oxygen atoms in total. The third-order valence-electron chi connectivity index (χ3n) is 3.01. The summed E-state index contributed by atoms with van der Waals surface area (Å²) in [6.07, 6.45) is 1.86. The molecule has 0 bridgehead atoms. The van der Waals surface area contributed by atoms with Crippen LogP contribution in [0, 0.1) is 0 Å². The molecule has 2 rings (SSSR count). The first-order valence-corrected chi connectivity index (χ1v) is 7.87. The molecule has 0 aliphatic heterocycles. The minimum Gasteiger partial charge on any atom is -0.331 e. The van der Waals surface area contributed by atoms with Gasteiger partial charge < -0.3 is 10.2 Å². The normalized spacial score (nSPS) is 11.5. The number of nitrogens with zero attached hydrogens (tertiary/aromatic N) is 5. The highest BCUT2D eigenvalue weighted by Crippen LogP contribution is 2.25. The Kier molecular flexibility index (Phi) is 4.80. The van der Waals surface area contributed by atoms with Gasteiger partial charge in [-0.05, 0) is 6.07 Å². The van der Waals surface area contributed by atoms with Crippen LogP contribution < -0.4 is 5.32 Å². The Morgan fingerprint density at radius 1 is 1.41 bits per heavy atom. The first-order chi connectivity index (χ1) is 10.3. The number of carbonyl (C=O) groups excluding carboxylic acids is 1. The summed E-state index contributed by atoms with van der Waals surface area (Å²) in [7, 11) is 3.59. The lowest BCUT2D eigenvalue weighted by Crippen LogP contribution is -2.36. The molecule has 0 atom stereocenters. The van der Waals surface area contributed by atoms with Crippen LogP contribution in [0.4, 0.5) is 4.79 Å². The maximum atomic E-state index is 12.1. The molecule has 2 aromatic rings. The number of amides is 2. The van der Waals surface area contributed by atoms with Crippen molar-refractivity contribution < 1.29 is 4.79 Å². The molecular weight excluding hydrogens is 300 g/mol. The molecule has 0 spiro atoms. The molecule has 0 aliphatic rings. The number of aromatic nitrogens is 4. The van der Waals surface area contributed by atoms with E-state index >= 15 is 0 Å². The van der Waals surface area contributed by atoms with Crippen molar-refractivity contribution >= 4 is 17.4 Å². The third kappa shape index (κ3) is 4.27. The summed E-state index contributed by atoms with van der Waals surface area (Å²) in [5, 5.41) is 17.2. The molecule has 0 saturated carbocycles. The average Bonchev–Trinajstić information content (AvgIpc) is 3.04. The van der Waals surface area contributed by atoms with Gasteiger partial charge in [0.1, 0.15) is 10.0 Å². The maximum absolute atomic E-state index is 12.1. The summed E-state index contributed by atoms with van der Waals surface area (Å²) in [6, 6.07) is 1.74. The van der Waals surface area contributed by atoms with E-state index in [1.54, 1.807) is 16.6 Å². The molecule has 8 heteroatoms. The molecule has 0 saturated heterocycles. The molecule has 0 unspecified atom stereocenters. The van der Waals surface area contributed by atoms with Crippen LogP contribution in [0.15, 0.2) is 12.3 Å². The predicted octanol–water partition coefficient (Wildman–Crippen LogP) is 1.91. The molecular formula is C14H22N6OS. The minimum atomic E-state index is -0.154. The van der Waals surface area contributed by atoms with Crippen LogP contribution in [0.3, 0.4) is 0 Å². The van der Waals surface area contributed by atoms with E-state index in [9.17, 15) is 4.79 Å². The van der Waals surface area contributed by atoms with Crippen LogP contribution in [-0.2, 0) is 25.6 Å². The fourth-order valence-corrected chi connectivity index (χ4v) is 2.61. The lowest BCUT2D eigenvalue weighted by molar-refractivity contribution is 0.205. The zero-order valence-electron chi connectivity index (χ0n) is 13.6. The average molecular weight is 322 g/mol. The smallest absolute Gasteiger partial charge is 0.317 e. The number of nitrogens with one attached hydrogen (secondary N) is 1. The summed E-state index contributed by atoms with van der Waals surface area (Å²) < 4.78 is 1.72. The van der Waals surface area contributed by atoms with Gasteiger partial charge in [-0.25, -0.2) is 4.79 Å². The van der Waals surface area contributed by atoms with E-state index in [4.69, 9.17) is 0 Å². The summed E-state index contributed by atoms with van der Waals surface area (Å²) >= 11 is 1.53. The Bertz CT molecular complexity index is 642. The molecule has 2 amide bonds. The van der Waals surface area contributed by atoms with Crippen LogP contribution in [0.25, 0.3) is 0 Å². The zero-order chi connectivity index (χ0) is 16.3. The van der Waals surface area contributed by atoms with Crippen molar-refractivity contribution in [3.05, 3.63) is 28.0 Å². The number of carbonyl (C=O) groups is 1.